The first-order valence-electron chi connectivity index (χ1n) is 6.96. The van der Waals surface area contributed by atoms with Gasteiger partial charge in [0.05, 0.1) is 6.42 Å². The van der Waals surface area contributed by atoms with Crippen LogP contribution < -0.4 is 0 Å². The second-order valence-corrected chi connectivity index (χ2v) is 5.17. The molecule has 1 aliphatic heterocycles. The van der Waals surface area contributed by atoms with Crippen molar-refractivity contribution in [3.63, 3.8) is 0 Å². The molecule has 0 atom stereocenters. The first-order chi connectivity index (χ1) is 10.2. The molecule has 0 amide bonds. The van der Waals surface area contributed by atoms with Crippen molar-refractivity contribution in [2.24, 2.45) is 0 Å². The third-order valence-corrected chi connectivity index (χ3v) is 3.86. The van der Waals surface area contributed by atoms with Crippen LogP contribution in [-0.4, -0.2) is 35.6 Å². The summed E-state index contributed by atoms with van der Waals surface area (Å²) in [6.45, 7) is 1.27. The minimum atomic E-state index is -0.505. The Bertz CT molecular complexity index is 588. The molecule has 0 bridgehead atoms. The second kappa shape index (κ2) is 5.83. The van der Waals surface area contributed by atoms with Crippen molar-refractivity contribution in [1.82, 2.24) is 10.1 Å². The van der Waals surface area contributed by atoms with E-state index in [-0.39, 0.29) is 5.75 Å². The topological polar surface area (TPSA) is 77.6 Å². The predicted molar refractivity (Wildman–Crippen MR) is 74.0 cm³/mol. The molecule has 0 radical (unpaired) electrons. The number of benzene rings is 1. The SMILES string of the molecule is COC1(c2noc(Cc3ccc(O)cc3)n2)CCOCC1. The summed E-state index contributed by atoms with van der Waals surface area (Å²) in [6, 6.07) is 6.95. The van der Waals surface area contributed by atoms with Crippen LogP contribution in [0.2, 0.25) is 0 Å². The number of hydrogen-bond donors (Lipinski definition) is 1. The molecular formula is C15H18N2O4. The summed E-state index contributed by atoms with van der Waals surface area (Å²) in [5, 5.41) is 13.4. The number of nitrogens with zero attached hydrogens (tertiary/aromatic N) is 2. The standard InChI is InChI=1S/C15H18N2O4/c1-19-15(6-8-20-9-7-15)14-16-13(21-17-14)10-11-2-4-12(18)5-3-11/h2-5,18H,6-10H2,1H3. The molecule has 6 nitrogen and oxygen atoms in total. The van der Waals surface area contributed by atoms with Crippen molar-refractivity contribution < 1.29 is 19.1 Å². The van der Waals surface area contributed by atoms with Gasteiger partial charge >= 0.3 is 0 Å². The van der Waals surface area contributed by atoms with Crippen LogP contribution in [0.5, 0.6) is 5.75 Å². The Morgan fingerprint density at radius 1 is 1.24 bits per heavy atom. The maximum Gasteiger partial charge on any atom is 0.231 e. The van der Waals surface area contributed by atoms with Gasteiger partial charge in [0.1, 0.15) is 11.4 Å². The number of ether oxygens (including phenoxy) is 2. The highest BCUT2D eigenvalue weighted by atomic mass is 16.5. The molecule has 1 aromatic carbocycles. The third-order valence-electron chi connectivity index (χ3n) is 3.86. The lowest BCUT2D eigenvalue weighted by molar-refractivity contribution is -0.101. The lowest BCUT2D eigenvalue weighted by Gasteiger charge is -2.32. The van der Waals surface area contributed by atoms with Crippen molar-refractivity contribution in [3.05, 3.63) is 41.5 Å². The van der Waals surface area contributed by atoms with Gasteiger partial charge in [-0.15, -0.1) is 0 Å². The van der Waals surface area contributed by atoms with Gasteiger partial charge in [0.25, 0.3) is 0 Å². The molecular weight excluding hydrogens is 272 g/mol. The van der Waals surface area contributed by atoms with Crippen LogP contribution in [0.15, 0.2) is 28.8 Å². The van der Waals surface area contributed by atoms with E-state index < -0.39 is 5.60 Å². The average Bonchev–Trinajstić information content (AvgIpc) is 2.99. The van der Waals surface area contributed by atoms with Crippen LogP contribution in [0, 0.1) is 0 Å². The first kappa shape index (κ1) is 14.0. The number of hydrogen-bond acceptors (Lipinski definition) is 6. The van der Waals surface area contributed by atoms with Crippen LogP contribution in [0.4, 0.5) is 0 Å². The van der Waals surface area contributed by atoms with Gasteiger partial charge < -0.3 is 19.1 Å². The van der Waals surface area contributed by atoms with Crippen molar-refractivity contribution in [2.75, 3.05) is 20.3 Å². The van der Waals surface area contributed by atoms with Crippen molar-refractivity contribution in [2.45, 2.75) is 24.9 Å². The number of methoxy groups -OCH3 is 1. The van der Waals surface area contributed by atoms with Crippen molar-refractivity contribution in [3.8, 4) is 5.75 Å². The second-order valence-electron chi connectivity index (χ2n) is 5.17. The van der Waals surface area contributed by atoms with Crippen molar-refractivity contribution >= 4 is 0 Å². The highest BCUT2D eigenvalue weighted by molar-refractivity contribution is 5.27. The van der Waals surface area contributed by atoms with Crippen LogP contribution >= 0.6 is 0 Å². The Hall–Kier alpha value is -1.92. The molecule has 1 fully saturated rings. The Balaban J connectivity index is 1.77. The van der Waals surface area contributed by atoms with E-state index >= 15 is 0 Å². The van der Waals surface area contributed by atoms with Crippen LogP contribution in [0.3, 0.4) is 0 Å². The molecule has 2 heterocycles. The van der Waals surface area contributed by atoms with Gasteiger partial charge in [0, 0.05) is 33.2 Å². The smallest absolute Gasteiger partial charge is 0.231 e. The number of phenolic OH excluding ortho intramolecular Hbond substituents is 1. The molecule has 1 aliphatic rings. The molecule has 0 saturated carbocycles. The molecule has 3 rings (SSSR count). The summed E-state index contributed by atoms with van der Waals surface area (Å²) in [6.07, 6.45) is 1.98. The lowest BCUT2D eigenvalue weighted by Crippen LogP contribution is -2.36. The summed E-state index contributed by atoms with van der Waals surface area (Å²) in [7, 11) is 1.67. The van der Waals surface area contributed by atoms with Crippen LogP contribution in [-0.2, 0) is 21.5 Å². The van der Waals surface area contributed by atoms with E-state index in [1.54, 1.807) is 19.2 Å². The normalized spacial score (nSPS) is 17.8. The summed E-state index contributed by atoms with van der Waals surface area (Å²) in [5.41, 5.74) is 0.496. The maximum atomic E-state index is 9.28. The highest BCUT2D eigenvalue weighted by Gasteiger charge is 2.39. The fourth-order valence-electron chi connectivity index (χ4n) is 2.52. The van der Waals surface area contributed by atoms with Crippen LogP contribution in [0.1, 0.15) is 30.1 Å². The zero-order valence-corrected chi connectivity index (χ0v) is 11.9. The van der Waals surface area contributed by atoms with Gasteiger partial charge in [-0.1, -0.05) is 17.3 Å². The molecule has 2 aromatic rings. The Morgan fingerprint density at radius 3 is 2.62 bits per heavy atom. The van der Waals surface area contributed by atoms with Gasteiger partial charge in [-0.05, 0) is 17.7 Å². The summed E-state index contributed by atoms with van der Waals surface area (Å²) < 4.78 is 16.4. The molecule has 0 spiro atoms. The minimum absolute atomic E-state index is 0.241. The number of phenols is 1. The molecule has 112 valence electrons. The Kier molecular flexibility index (Phi) is 3.90. The molecule has 0 aliphatic carbocycles. The van der Waals surface area contributed by atoms with E-state index in [0.29, 0.717) is 31.3 Å². The van der Waals surface area contributed by atoms with E-state index in [4.69, 9.17) is 14.0 Å². The van der Waals surface area contributed by atoms with E-state index in [2.05, 4.69) is 10.1 Å². The summed E-state index contributed by atoms with van der Waals surface area (Å²) >= 11 is 0. The zero-order valence-electron chi connectivity index (χ0n) is 11.9. The summed E-state index contributed by atoms with van der Waals surface area (Å²) in [5.74, 6) is 1.37. The summed E-state index contributed by atoms with van der Waals surface area (Å²) in [4.78, 5) is 4.47. The fourth-order valence-corrected chi connectivity index (χ4v) is 2.52. The van der Waals surface area contributed by atoms with Gasteiger partial charge in [0.15, 0.2) is 0 Å². The quantitative estimate of drug-likeness (QED) is 0.928. The van der Waals surface area contributed by atoms with E-state index in [0.717, 1.165) is 18.4 Å². The molecule has 1 saturated heterocycles. The van der Waals surface area contributed by atoms with E-state index in [1.807, 2.05) is 12.1 Å². The Labute approximate surface area is 122 Å². The average molecular weight is 290 g/mol. The first-order valence-corrected chi connectivity index (χ1v) is 6.96. The van der Waals surface area contributed by atoms with E-state index in [1.165, 1.54) is 0 Å². The third kappa shape index (κ3) is 2.91. The monoisotopic (exact) mass is 290 g/mol. The largest absolute Gasteiger partial charge is 0.508 e. The highest BCUT2D eigenvalue weighted by Crippen LogP contribution is 2.33. The molecule has 0 unspecified atom stereocenters. The Morgan fingerprint density at radius 2 is 1.95 bits per heavy atom. The predicted octanol–water partition coefficient (Wildman–Crippen LogP) is 2.02. The van der Waals surface area contributed by atoms with Gasteiger partial charge in [0.2, 0.25) is 11.7 Å². The van der Waals surface area contributed by atoms with Gasteiger partial charge in [-0.3, -0.25) is 0 Å². The number of aromatic hydroxyl groups is 1. The number of aromatic nitrogens is 2. The fraction of sp³-hybridized carbons (Fsp3) is 0.467. The van der Waals surface area contributed by atoms with Gasteiger partial charge in [-0.25, -0.2) is 0 Å². The van der Waals surface area contributed by atoms with E-state index in [9.17, 15) is 5.11 Å². The minimum Gasteiger partial charge on any atom is -0.508 e. The molecule has 1 aromatic heterocycles. The van der Waals surface area contributed by atoms with Crippen LogP contribution in [0.25, 0.3) is 0 Å². The number of rotatable bonds is 4. The zero-order chi connectivity index (χ0) is 14.7. The van der Waals surface area contributed by atoms with Gasteiger partial charge in [-0.2, -0.15) is 4.98 Å². The maximum absolute atomic E-state index is 9.28. The van der Waals surface area contributed by atoms with Crippen molar-refractivity contribution in [1.29, 1.82) is 0 Å². The lowest BCUT2D eigenvalue weighted by atomic mass is 9.93. The molecule has 1 N–H and O–H groups in total. The molecule has 21 heavy (non-hydrogen) atoms. The molecule has 6 heteroatoms.